The van der Waals surface area contributed by atoms with Gasteiger partial charge < -0.3 is 4.90 Å². The number of carbonyl (C=O) groups is 1. The first-order valence-corrected chi connectivity index (χ1v) is 13.3. The Morgan fingerprint density at radius 1 is 0.919 bits per heavy atom. The summed E-state index contributed by atoms with van der Waals surface area (Å²) in [7, 11) is 0. The summed E-state index contributed by atoms with van der Waals surface area (Å²) >= 11 is 0. The van der Waals surface area contributed by atoms with Gasteiger partial charge in [0.05, 0.1) is 24.2 Å². The van der Waals surface area contributed by atoms with Crippen molar-refractivity contribution < 1.29 is 13.6 Å². The molecule has 0 N–H and O–H groups in total. The van der Waals surface area contributed by atoms with E-state index in [1.54, 1.807) is 0 Å². The molecule has 3 unspecified atom stereocenters. The van der Waals surface area contributed by atoms with Gasteiger partial charge in [-0.05, 0) is 91.2 Å². The Morgan fingerprint density at radius 2 is 1.57 bits per heavy atom. The molecule has 0 radical (unpaired) electrons. The molecule has 2 heterocycles. The number of halogens is 2. The average Bonchev–Trinajstić information content (AvgIpc) is 3.20. The largest absolute Gasteiger partial charge is 0.357 e. The van der Waals surface area contributed by atoms with Gasteiger partial charge in [-0.3, -0.25) is 4.79 Å². The van der Waals surface area contributed by atoms with E-state index in [1.165, 1.54) is 25.3 Å². The number of rotatable bonds is 3. The molecular weight excluding hydrogens is 468 g/mol. The van der Waals surface area contributed by atoms with E-state index < -0.39 is 40.5 Å². The van der Waals surface area contributed by atoms with Crippen LogP contribution in [0.1, 0.15) is 67.2 Å². The van der Waals surface area contributed by atoms with Crippen LogP contribution in [0.5, 0.6) is 0 Å². The van der Waals surface area contributed by atoms with Crippen LogP contribution in [0.15, 0.2) is 48.7 Å². The van der Waals surface area contributed by atoms with Gasteiger partial charge in [-0.15, -0.1) is 0 Å². The van der Waals surface area contributed by atoms with Crippen molar-refractivity contribution in [3.63, 3.8) is 0 Å². The van der Waals surface area contributed by atoms with Gasteiger partial charge >= 0.3 is 0 Å². The minimum absolute atomic E-state index is 0.0720. The zero-order chi connectivity index (χ0) is 25.5. The summed E-state index contributed by atoms with van der Waals surface area (Å²) in [5.74, 6) is -1.24. The van der Waals surface area contributed by atoms with E-state index in [-0.39, 0.29) is 5.78 Å². The smallest absolute Gasteiger partial charge is 0.177 e. The van der Waals surface area contributed by atoms with Crippen molar-refractivity contribution in [2.24, 2.45) is 28.6 Å². The number of hydrogen-bond acceptors (Lipinski definition) is 4. The Kier molecular flexibility index (Phi) is 4.75. The summed E-state index contributed by atoms with van der Waals surface area (Å²) < 4.78 is 28.6. The maximum atomic E-state index is 14.9. The first kappa shape index (κ1) is 22.7. The molecular formula is C31H27F2N3O. The first-order valence-electron chi connectivity index (χ1n) is 13.3. The monoisotopic (exact) mass is 495 g/mol. The van der Waals surface area contributed by atoms with Crippen molar-refractivity contribution >= 4 is 11.9 Å². The molecule has 6 aliphatic rings. The fourth-order valence-corrected chi connectivity index (χ4v) is 9.10. The van der Waals surface area contributed by atoms with Crippen molar-refractivity contribution in [3.8, 4) is 12.1 Å². The van der Waals surface area contributed by atoms with Gasteiger partial charge in [-0.25, -0.2) is 8.78 Å². The van der Waals surface area contributed by atoms with E-state index in [4.69, 9.17) is 0 Å². The molecule has 4 saturated carbocycles. The van der Waals surface area contributed by atoms with Crippen LogP contribution in [0.4, 0.5) is 8.78 Å². The Morgan fingerprint density at radius 3 is 2.19 bits per heavy atom. The van der Waals surface area contributed by atoms with E-state index >= 15 is 0 Å². The topological polar surface area (TPSA) is 67.9 Å². The van der Waals surface area contributed by atoms with Crippen LogP contribution in [-0.4, -0.2) is 16.7 Å². The second kappa shape index (κ2) is 7.75. The molecule has 1 saturated heterocycles. The molecule has 2 aromatic rings. The van der Waals surface area contributed by atoms with E-state index in [2.05, 4.69) is 12.1 Å². The molecule has 0 aromatic heterocycles. The van der Waals surface area contributed by atoms with Crippen molar-refractivity contribution in [2.45, 2.75) is 56.5 Å². The van der Waals surface area contributed by atoms with Gasteiger partial charge in [0, 0.05) is 17.5 Å². The lowest BCUT2D eigenvalue weighted by Gasteiger charge is -2.57. The summed E-state index contributed by atoms with van der Waals surface area (Å²) in [4.78, 5) is 16.8. The van der Waals surface area contributed by atoms with Crippen molar-refractivity contribution in [3.05, 3.63) is 77.0 Å². The van der Waals surface area contributed by atoms with Gasteiger partial charge in [0.1, 0.15) is 0 Å². The van der Waals surface area contributed by atoms with Gasteiger partial charge in [0.2, 0.25) is 0 Å². The number of nitriles is 2. The van der Waals surface area contributed by atoms with E-state index in [9.17, 15) is 24.1 Å². The molecule has 4 bridgehead atoms. The molecule has 2 aromatic carbocycles. The second-order valence-electron chi connectivity index (χ2n) is 12.0. The molecule has 0 spiro atoms. The normalized spacial score (nSPS) is 35.9. The molecule has 6 heteroatoms. The highest BCUT2D eigenvalue weighted by Gasteiger charge is 2.67. The molecule has 0 amide bonds. The van der Waals surface area contributed by atoms with Crippen LogP contribution >= 0.6 is 0 Å². The average molecular weight is 496 g/mol. The first-order chi connectivity index (χ1) is 17.9. The lowest BCUT2D eigenvalue weighted by molar-refractivity contribution is -0.148. The maximum absolute atomic E-state index is 14.9. The fourth-order valence-electron chi connectivity index (χ4n) is 9.10. The molecule has 5 fully saturated rings. The number of ketones is 1. The van der Waals surface area contributed by atoms with E-state index in [1.807, 2.05) is 41.4 Å². The highest BCUT2D eigenvalue weighted by Crippen LogP contribution is 2.65. The highest BCUT2D eigenvalue weighted by atomic mass is 19.2. The zero-order valence-corrected chi connectivity index (χ0v) is 20.4. The minimum atomic E-state index is -1.66. The van der Waals surface area contributed by atoms with Gasteiger partial charge in [-0.2, -0.15) is 10.5 Å². The molecule has 186 valence electrons. The minimum Gasteiger partial charge on any atom is -0.357 e. The zero-order valence-electron chi connectivity index (χ0n) is 20.4. The lowest BCUT2D eigenvalue weighted by Crippen LogP contribution is -2.55. The van der Waals surface area contributed by atoms with Gasteiger partial charge in [0.25, 0.3) is 0 Å². The number of fused-ring (bicyclic) bond motifs is 3. The third kappa shape index (κ3) is 2.99. The fraction of sp³-hybridized carbons (Fsp3) is 0.452. The highest BCUT2D eigenvalue weighted by molar-refractivity contribution is 5.92. The van der Waals surface area contributed by atoms with Gasteiger partial charge in [0.15, 0.2) is 22.8 Å². The number of benzene rings is 2. The Labute approximate surface area is 215 Å². The molecule has 4 nitrogen and oxygen atoms in total. The molecule has 4 aliphatic carbocycles. The van der Waals surface area contributed by atoms with Crippen molar-refractivity contribution in [2.75, 3.05) is 0 Å². The maximum Gasteiger partial charge on any atom is 0.177 e. The summed E-state index contributed by atoms with van der Waals surface area (Å²) in [6.07, 6.45) is 9.88. The molecule has 37 heavy (non-hydrogen) atoms. The molecule has 8 rings (SSSR count). The number of Topliss-reactive ketones (excluding diaryl/α,β-unsaturated/α-hetero) is 1. The lowest BCUT2D eigenvalue weighted by atomic mass is 9.47. The van der Waals surface area contributed by atoms with E-state index in [0.29, 0.717) is 23.3 Å². The number of carbonyl (C=O) groups excluding carboxylic acids is 1. The summed E-state index contributed by atoms with van der Waals surface area (Å²) in [6, 6.07) is 14.3. The number of hydrogen-bond donors (Lipinski definition) is 0. The third-order valence-corrected chi connectivity index (χ3v) is 10.1. The summed E-state index contributed by atoms with van der Waals surface area (Å²) in [6.45, 7) is 0. The Balaban J connectivity index is 1.44. The van der Waals surface area contributed by atoms with Crippen molar-refractivity contribution in [1.82, 2.24) is 4.90 Å². The quantitative estimate of drug-likeness (QED) is 0.503. The SMILES string of the molecule is N#CC1(C#N)C(c2ccc(F)c(F)c2)C(C(=O)C23CC4CC(CC(C4)C2)C3)N2C=Cc3ccccc3C21. The second-order valence-corrected chi connectivity index (χ2v) is 12.0. The van der Waals surface area contributed by atoms with Crippen molar-refractivity contribution in [1.29, 1.82) is 10.5 Å². The number of nitrogens with zero attached hydrogens (tertiary/aromatic N) is 3. The van der Waals surface area contributed by atoms with Gasteiger partial charge in [-0.1, -0.05) is 30.3 Å². The van der Waals surface area contributed by atoms with Crippen LogP contribution in [0.3, 0.4) is 0 Å². The predicted molar refractivity (Wildman–Crippen MR) is 132 cm³/mol. The summed E-state index contributed by atoms with van der Waals surface area (Å²) in [5, 5.41) is 21.3. The standard InChI is InChI=1S/C31H27F2N3O/c32-24-6-5-22(12-25(24)33)26-27(29(37)30-13-18-9-19(14-30)11-20(10-18)15-30)36-8-7-21-3-1-2-4-23(21)28(36)31(26,16-34)17-35/h1-8,12,18-20,26-28H,9-11,13-15H2. The van der Waals surface area contributed by atoms with Crippen LogP contribution < -0.4 is 0 Å². The van der Waals surface area contributed by atoms with Crippen LogP contribution in [0.25, 0.3) is 6.08 Å². The molecule has 2 aliphatic heterocycles. The summed E-state index contributed by atoms with van der Waals surface area (Å²) in [5.41, 5.74) is -0.113. The van der Waals surface area contributed by atoms with Crippen LogP contribution in [-0.2, 0) is 4.79 Å². The Hall–Kier alpha value is -3.51. The Bertz CT molecular complexity index is 1380. The predicted octanol–water partition coefficient (Wildman–Crippen LogP) is 6.28. The van der Waals surface area contributed by atoms with Crippen LogP contribution in [0.2, 0.25) is 0 Å². The van der Waals surface area contributed by atoms with Crippen LogP contribution in [0, 0.1) is 62.9 Å². The molecule has 3 atom stereocenters. The third-order valence-electron chi connectivity index (χ3n) is 10.1. The van der Waals surface area contributed by atoms with E-state index in [0.717, 1.165) is 42.5 Å².